The highest BCUT2D eigenvalue weighted by molar-refractivity contribution is 7.07. The van der Waals surface area contributed by atoms with Gasteiger partial charge in [-0.2, -0.15) is 11.3 Å². The van der Waals surface area contributed by atoms with Crippen molar-refractivity contribution in [2.45, 2.75) is 12.2 Å². The molecule has 1 aromatic rings. The number of hydrogen-bond acceptors (Lipinski definition) is 5. The predicted octanol–water partition coefficient (Wildman–Crippen LogP) is 0.308. The van der Waals surface area contributed by atoms with Crippen LogP contribution in [0.5, 0.6) is 0 Å². The third-order valence-electron chi connectivity index (χ3n) is 2.62. The first-order valence-electron chi connectivity index (χ1n) is 5.57. The molecule has 2 atom stereocenters. The van der Waals surface area contributed by atoms with Gasteiger partial charge in [-0.05, 0) is 22.4 Å². The van der Waals surface area contributed by atoms with Crippen molar-refractivity contribution in [1.29, 1.82) is 0 Å². The highest BCUT2D eigenvalue weighted by atomic mass is 35.5. The van der Waals surface area contributed by atoms with Gasteiger partial charge < -0.3 is 20.5 Å². The molecule has 1 aromatic heterocycles. The summed E-state index contributed by atoms with van der Waals surface area (Å²) in [5, 5.41) is 19.3. The molecule has 0 radical (unpaired) electrons. The van der Waals surface area contributed by atoms with Crippen LogP contribution in [0.15, 0.2) is 16.8 Å². The van der Waals surface area contributed by atoms with E-state index >= 15 is 0 Å². The molecule has 2 rings (SSSR count). The molecule has 0 aliphatic carbocycles. The van der Waals surface area contributed by atoms with Gasteiger partial charge in [0.2, 0.25) is 0 Å². The van der Waals surface area contributed by atoms with Crippen molar-refractivity contribution < 1.29 is 14.6 Å². The monoisotopic (exact) mass is 292 g/mol. The number of morpholine rings is 1. The van der Waals surface area contributed by atoms with E-state index in [1.807, 2.05) is 16.8 Å². The summed E-state index contributed by atoms with van der Waals surface area (Å²) in [5.74, 6) is -0.175. The Morgan fingerprint density at radius 3 is 3.17 bits per heavy atom. The van der Waals surface area contributed by atoms with Crippen LogP contribution in [-0.4, -0.2) is 43.4 Å². The summed E-state index contributed by atoms with van der Waals surface area (Å²) < 4.78 is 5.31. The number of halogens is 1. The molecule has 1 amide bonds. The Bertz CT molecular complexity index is 355. The molecule has 0 bridgehead atoms. The summed E-state index contributed by atoms with van der Waals surface area (Å²) in [5.41, 5.74) is 0.831. The number of rotatable bonds is 4. The molecule has 1 aliphatic heterocycles. The average Bonchev–Trinajstić information content (AvgIpc) is 2.90. The summed E-state index contributed by atoms with van der Waals surface area (Å²) in [7, 11) is 0. The van der Waals surface area contributed by atoms with Crippen molar-refractivity contribution in [1.82, 2.24) is 10.6 Å². The molecular weight excluding hydrogens is 276 g/mol. The van der Waals surface area contributed by atoms with Gasteiger partial charge in [-0.25, -0.2) is 0 Å². The number of ether oxygens (including phenoxy) is 1. The zero-order valence-corrected chi connectivity index (χ0v) is 11.4. The molecule has 18 heavy (non-hydrogen) atoms. The standard InChI is InChI=1S/C11H16N2O3S.ClH/c14-9(8-1-4-17-7-8)5-13-11(15)10-6-12-2-3-16-10;/h1,4,7,9-10,12,14H,2-3,5-6H2,(H,13,15);1H. The summed E-state index contributed by atoms with van der Waals surface area (Å²) in [6.45, 7) is 2.07. The highest BCUT2D eigenvalue weighted by Crippen LogP contribution is 2.15. The van der Waals surface area contributed by atoms with Gasteiger partial charge in [-0.3, -0.25) is 4.79 Å². The summed E-state index contributed by atoms with van der Waals surface area (Å²) >= 11 is 1.52. The van der Waals surface area contributed by atoms with Crippen molar-refractivity contribution in [3.05, 3.63) is 22.4 Å². The largest absolute Gasteiger partial charge is 0.387 e. The molecule has 102 valence electrons. The van der Waals surface area contributed by atoms with Crippen molar-refractivity contribution in [2.75, 3.05) is 26.2 Å². The van der Waals surface area contributed by atoms with Crippen LogP contribution in [0.1, 0.15) is 11.7 Å². The van der Waals surface area contributed by atoms with Gasteiger partial charge in [-0.15, -0.1) is 12.4 Å². The maximum absolute atomic E-state index is 11.7. The number of thiophene rings is 1. The zero-order valence-electron chi connectivity index (χ0n) is 9.80. The Kier molecular flexibility index (Phi) is 6.59. The number of hydrogen-bond donors (Lipinski definition) is 3. The Labute approximate surface area is 116 Å². The number of aliphatic hydroxyl groups is 1. The van der Waals surface area contributed by atoms with Crippen LogP contribution >= 0.6 is 23.7 Å². The quantitative estimate of drug-likeness (QED) is 0.747. The van der Waals surface area contributed by atoms with Gasteiger partial charge in [0, 0.05) is 19.6 Å². The van der Waals surface area contributed by atoms with E-state index in [-0.39, 0.29) is 24.9 Å². The van der Waals surface area contributed by atoms with E-state index in [4.69, 9.17) is 4.74 Å². The molecule has 7 heteroatoms. The highest BCUT2D eigenvalue weighted by Gasteiger charge is 2.22. The van der Waals surface area contributed by atoms with Gasteiger partial charge in [0.1, 0.15) is 6.10 Å². The lowest BCUT2D eigenvalue weighted by molar-refractivity contribution is -0.134. The number of aliphatic hydroxyl groups excluding tert-OH is 1. The normalized spacial score (nSPS) is 20.8. The van der Waals surface area contributed by atoms with Crippen LogP contribution in [0.2, 0.25) is 0 Å². The lowest BCUT2D eigenvalue weighted by Gasteiger charge is -2.23. The molecule has 5 nitrogen and oxygen atoms in total. The third kappa shape index (κ3) is 4.22. The molecular formula is C11H17ClN2O3S. The van der Waals surface area contributed by atoms with E-state index in [1.54, 1.807) is 0 Å². The minimum Gasteiger partial charge on any atom is -0.387 e. The molecule has 0 spiro atoms. The Morgan fingerprint density at radius 2 is 2.56 bits per heavy atom. The van der Waals surface area contributed by atoms with E-state index in [0.29, 0.717) is 13.2 Å². The average molecular weight is 293 g/mol. The Balaban J connectivity index is 0.00000162. The number of amides is 1. The fourth-order valence-electron chi connectivity index (χ4n) is 1.63. The second-order valence-electron chi connectivity index (χ2n) is 3.88. The van der Waals surface area contributed by atoms with Gasteiger partial charge >= 0.3 is 0 Å². The molecule has 3 N–H and O–H groups in total. The summed E-state index contributed by atoms with van der Waals surface area (Å²) in [6, 6.07) is 1.85. The van der Waals surface area contributed by atoms with E-state index in [1.165, 1.54) is 11.3 Å². The van der Waals surface area contributed by atoms with E-state index < -0.39 is 12.2 Å². The van der Waals surface area contributed by atoms with Gasteiger partial charge in [0.15, 0.2) is 0 Å². The first-order chi connectivity index (χ1) is 8.27. The van der Waals surface area contributed by atoms with E-state index in [9.17, 15) is 9.90 Å². The molecule has 2 unspecified atom stereocenters. The van der Waals surface area contributed by atoms with Crippen molar-refractivity contribution in [3.63, 3.8) is 0 Å². The van der Waals surface area contributed by atoms with E-state index in [0.717, 1.165) is 12.1 Å². The summed E-state index contributed by atoms with van der Waals surface area (Å²) in [4.78, 5) is 11.7. The second-order valence-corrected chi connectivity index (χ2v) is 4.66. The van der Waals surface area contributed by atoms with Crippen LogP contribution in [0.25, 0.3) is 0 Å². The Morgan fingerprint density at radius 1 is 1.72 bits per heavy atom. The fraction of sp³-hybridized carbons (Fsp3) is 0.545. The minimum atomic E-state index is -0.651. The molecule has 1 saturated heterocycles. The summed E-state index contributed by atoms with van der Waals surface area (Å²) in [6.07, 6.45) is -1.10. The smallest absolute Gasteiger partial charge is 0.250 e. The number of nitrogens with one attached hydrogen (secondary N) is 2. The van der Waals surface area contributed by atoms with Crippen LogP contribution in [-0.2, 0) is 9.53 Å². The molecule has 2 heterocycles. The van der Waals surface area contributed by atoms with Crippen LogP contribution in [0.4, 0.5) is 0 Å². The molecule has 0 saturated carbocycles. The van der Waals surface area contributed by atoms with Crippen molar-refractivity contribution in [3.8, 4) is 0 Å². The van der Waals surface area contributed by atoms with Gasteiger partial charge in [0.25, 0.3) is 5.91 Å². The van der Waals surface area contributed by atoms with Gasteiger partial charge in [-0.1, -0.05) is 0 Å². The van der Waals surface area contributed by atoms with Gasteiger partial charge in [0.05, 0.1) is 12.7 Å². The maximum atomic E-state index is 11.7. The lowest BCUT2D eigenvalue weighted by Crippen LogP contribution is -2.48. The third-order valence-corrected chi connectivity index (χ3v) is 3.32. The van der Waals surface area contributed by atoms with Crippen molar-refractivity contribution in [2.24, 2.45) is 0 Å². The van der Waals surface area contributed by atoms with E-state index in [2.05, 4.69) is 10.6 Å². The zero-order chi connectivity index (χ0) is 12.1. The topological polar surface area (TPSA) is 70.6 Å². The number of carbonyl (C=O) groups excluding carboxylic acids is 1. The van der Waals surface area contributed by atoms with Crippen LogP contribution < -0.4 is 10.6 Å². The SMILES string of the molecule is Cl.O=C(NCC(O)c1ccsc1)C1CNCCO1. The van der Waals surface area contributed by atoms with Crippen LogP contribution in [0.3, 0.4) is 0 Å². The Hall–Kier alpha value is -0.660. The van der Waals surface area contributed by atoms with Crippen molar-refractivity contribution >= 4 is 29.7 Å². The number of carbonyl (C=O) groups is 1. The lowest BCUT2D eigenvalue weighted by atomic mass is 10.2. The fourth-order valence-corrected chi connectivity index (χ4v) is 2.33. The molecule has 0 aromatic carbocycles. The second kappa shape index (κ2) is 7.70. The van der Waals surface area contributed by atoms with Crippen LogP contribution in [0, 0.1) is 0 Å². The first kappa shape index (κ1) is 15.4. The minimum absolute atomic E-state index is 0. The maximum Gasteiger partial charge on any atom is 0.250 e. The predicted molar refractivity (Wildman–Crippen MR) is 72.1 cm³/mol. The molecule has 1 aliphatic rings. The first-order valence-corrected chi connectivity index (χ1v) is 6.52. The molecule has 1 fully saturated rings.